The normalized spacial score (nSPS) is 12.8. The first-order valence-corrected chi connectivity index (χ1v) is 7.90. The molecule has 1 aliphatic rings. The van der Waals surface area contributed by atoms with Crippen LogP contribution in [0.5, 0.6) is 5.75 Å². The van der Waals surface area contributed by atoms with Crippen molar-refractivity contribution >= 4 is 23.0 Å². The third-order valence-electron chi connectivity index (χ3n) is 3.29. The summed E-state index contributed by atoms with van der Waals surface area (Å²) < 4.78 is 5.29. The lowest BCUT2D eigenvalue weighted by atomic mass is 10.1. The van der Waals surface area contributed by atoms with Crippen molar-refractivity contribution in [1.29, 1.82) is 5.41 Å². The number of aromatic nitrogens is 1. The van der Waals surface area contributed by atoms with Gasteiger partial charge in [-0.1, -0.05) is 13.8 Å². The summed E-state index contributed by atoms with van der Waals surface area (Å²) in [6.45, 7) is 8.90. The van der Waals surface area contributed by atoms with E-state index in [1.165, 1.54) is 0 Å². The van der Waals surface area contributed by atoms with Crippen molar-refractivity contribution < 1.29 is 6.16 Å². The van der Waals surface area contributed by atoms with Gasteiger partial charge in [-0.25, -0.2) is 0 Å². The van der Waals surface area contributed by atoms with E-state index in [1.807, 2.05) is 12.1 Å². The number of hydrogen-bond acceptors (Lipinski definition) is 5. The van der Waals surface area contributed by atoms with Crippen LogP contribution in [0.3, 0.4) is 0 Å². The molecule has 2 heterocycles. The number of fused-ring (bicyclic) bond motifs is 1. The monoisotopic (exact) mass is 325 g/mol. The fraction of sp³-hybridized carbons (Fsp3) is 0.533. The van der Waals surface area contributed by atoms with Crippen LogP contribution in [0.4, 0.5) is 0 Å². The highest BCUT2D eigenvalue weighted by atomic mass is 32.1. The van der Waals surface area contributed by atoms with Crippen molar-refractivity contribution in [2.75, 3.05) is 32.8 Å². The molecule has 0 aliphatic carbocycles. The van der Waals surface area contributed by atoms with E-state index in [-0.39, 0.29) is 1.43 Å². The molecule has 124 valence electrons. The SMILES string of the molecule is CCN(CC)CCNC(N)=S.N=C1CCOc2cccnc21.[HH]. The summed E-state index contributed by atoms with van der Waals surface area (Å²) in [5.41, 5.74) is 6.53. The van der Waals surface area contributed by atoms with E-state index in [0.29, 0.717) is 29.5 Å². The number of nitrogens with two attached hydrogens (primary N) is 1. The Hall–Kier alpha value is -1.73. The molecule has 0 fully saturated rings. The van der Waals surface area contributed by atoms with Crippen LogP contribution in [0.1, 0.15) is 27.4 Å². The molecular weight excluding hydrogens is 298 g/mol. The summed E-state index contributed by atoms with van der Waals surface area (Å²) in [6.07, 6.45) is 2.35. The lowest BCUT2D eigenvalue weighted by Gasteiger charge is -2.17. The van der Waals surface area contributed by atoms with Gasteiger partial charge < -0.3 is 26.1 Å². The summed E-state index contributed by atoms with van der Waals surface area (Å²) in [5, 5.41) is 10.8. The number of thiocarbonyl (C=S) groups is 1. The molecule has 1 aliphatic heterocycles. The first-order chi connectivity index (χ1) is 10.6. The maximum atomic E-state index is 7.53. The molecule has 0 atom stereocenters. The number of nitrogens with zero attached hydrogens (tertiary/aromatic N) is 2. The van der Waals surface area contributed by atoms with E-state index in [0.717, 1.165) is 31.9 Å². The zero-order chi connectivity index (χ0) is 16.4. The van der Waals surface area contributed by atoms with Crippen molar-refractivity contribution in [3.05, 3.63) is 24.0 Å². The van der Waals surface area contributed by atoms with Crippen molar-refractivity contribution in [1.82, 2.24) is 15.2 Å². The number of pyridine rings is 1. The zero-order valence-electron chi connectivity index (χ0n) is 13.3. The van der Waals surface area contributed by atoms with Crippen molar-refractivity contribution in [3.63, 3.8) is 0 Å². The van der Waals surface area contributed by atoms with Gasteiger partial charge in [0.15, 0.2) is 5.11 Å². The van der Waals surface area contributed by atoms with Gasteiger partial charge >= 0.3 is 0 Å². The Balaban J connectivity index is 0.000000403. The van der Waals surface area contributed by atoms with Gasteiger partial charge in [-0.05, 0) is 37.4 Å². The highest BCUT2D eigenvalue weighted by Gasteiger charge is 2.14. The van der Waals surface area contributed by atoms with Crippen LogP contribution in [0.25, 0.3) is 0 Å². The fourth-order valence-corrected chi connectivity index (χ4v) is 2.09. The smallest absolute Gasteiger partial charge is 0.163 e. The fourth-order valence-electron chi connectivity index (χ4n) is 1.99. The van der Waals surface area contributed by atoms with Crippen LogP contribution in [0, 0.1) is 5.41 Å². The molecule has 0 saturated carbocycles. The second-order valence-corrected chi connectivity index (χ2v) is 5.18. The van der Waals surface area contributed by atoms with Gasteiger partial charge in [-0.2, -0.15) is 0 Å². The van der Waals surface area contributed by atoms with Gasteiger partial charge in [0.05, 0.1) is 12.3 Å². The highest BCUT2D eigenvalue weighted by Crippen LogP contribution is 2.20. The topological polar surface area (TPSA) is 87.3 Å². The van der Waals surface area contributed by atoms with Crippen molar-refractivity contribution in [2.24, 2.45) is 5.73 Å². The molecule has 6 nitrogen and oxygen atoms in total. The highest BCUT2D eigenvalue weighted by molar-refractivity contribution is 7.80. The minimum atomic E-state index is 0. The molecule has 1 aromatic rings. The lowest BCUT2D eigenvalue weighted by molar-refractivity contribution is 0.308. The first kappa shape index (κ1) is 18.3. The molecule has 0 radical (unpaired) electrons. The zero-order valence-corrected chi connectivity index (χ0v) is 14.1. The van der Waals surface area contributed by atoms with E-state index in [4.69, 9.17) is 15.9 Å². The number of rotatable bonds is 5. The standard InChI is InChI=1S/C8H8N2O.C7H17N3S.H2/c9-6-3-5-11-7-2-1-4-10-8(6)7;1-3-10(4-2)6-5-9-7(8)11;/h1-2,4,9H,3,5H2;3-6H2,1-2H3,(H3,8,9,11);1H. The van der Waals surface area contributed by atoms with Gasteiger partial charge in [0.2, 0.25) is 0 Å². The quantitative estimate of drug-likeness (QED) is 0.714. The number of ether oxygens (including phenoxy) is 1. The van der Waals surface area contributed by atoms with Gasteiger partial charge in [0.25, 0.3) is 0 Å². The molecule has 7 heteroatoms. The number of nitrogens with one attached hydrogen (secondary N) is 2. The minimum Gasteiger partial charge on any atom is -0.491 e. The summed E-state index contributed by atoms with van der Waals surface area (Å²) >= 11 is 4.67. The Labute approximate surface area is 139 Å². The summed E-state index contributed by atoms with van der Waals surface area (Å²) in [4.78, 5) is 6.36. The average molecular weight is 325 g/mol. The van der Waals surface area contributed by atoms with Crippen molar-refractivity contribution in [2.45, 2.75) is 20.3 Å². The second-order valence-electron chi connectivity index (χ2n) is 4.75. The molecule has 2 rings (SSSR count). The lowest BCUT2D eigenvalue weighted by Crippen LogP contribution is -2.37. The summed E-state index contributed by atoms with van der Waals surface area (Å²) in [5.74, 6) is 0.740. The molecule has 4 N–H and O–H groups in total. The minimum absolute atomic E-state index is 0. The number of hydrogen-bond donors (Lipinski definition) is 3. The molecular formula is C15H27N5OS. The molecule has 0 aromatic carbocycles. The first-order valence-electron chi connectivity index (χ1n) is 7.49. The third kappa shape index (κ3) is 6.36. The molecule has 1 aromatic heterocycles. The van der Waals surface area contributed by atoms with E-state index >= 15 is 0 Å². The van der Waals surface area contributed by atoms with E-state index in [1.54, 1.807) is 6.20 Å². The van der Waals surface area contributed by atoms with Crippen LogP contribution in [0.15, 0.2) is 18.3 Å². The van der Waals surface area contributed by atoms with Crippen LogP contribution in [-0.4, -0.2) is 53.5 Å². The van der Waals surface area contributed by atoms with E-state index in [2.05, 4.69) is 41.3 Å². The second kappa shape index (κ2) is 10.1. The van der Waals surface area contributed by atoms with Gasteiger partial charge in [0.1, 0.15) is 11.4 Å². The molecule has 0 amide bonds. The molecule has 0 unspecified atom stereocenters. The predicted molar refractivity (Wildman–Crippen MR) is 95.9 cm³/mol. The molecule has 0 bridgehead atoms. The molecule has 22 heavy (non-hydrogen) atoms. The van der Waals surface area contributed by atoms with Crippen LogP contribution >= 0.6 is 12.2 Å². The van der Waals surface area contributed by atoms with Crippen LogP contribution < -0.4 is 15.8 Å². The maximum absolute atomic E-state index is 7.53. The molecule has 0 saturated heterocycles. The Morgan fingerprint density at radius 1 is 1.55 bits per heavy atom. The van der Waals surface area contributed by atoms with E-state index < -0.39 is 0 Å². The Morgan fingerprint density at radius 2 is 2.27 bits per heavy atom. The average Bonchev–Trinajstić information content (AvgIpc) is 2.52. The molecule has 0 spiro atoms. The Morgan fingerprint density at radius 3 is 2.86 bits per heavy atom. The van der Waals surface area contributed by atoms with Gasteiger partial charge in [-0.3, -0.25) is 4.98 Å². The van der Waals surface area contributed by atoms with Gasteiger partial charge in [0, 0.05) is 27.1 Å². The van der Waals surface area contributed by atoms with Gasteiger partial charge in [-0.15, -0.1) is 0 Å². The summed E-state index contributed by atoms with van der Waals surface area (Å²) in [7, 11) is 0. The van der Waals surface area contributed by atoms with Crippen LogP contribution in [-0.2, 0) is 0 Å². The predicted octanol–water partition coefficient (Wildman–Crippen LogP) is 1.64. The Kier molecular flexibility index (Phi) is 8.39. The number of likely N-dealkylation sites (N-methyl/N-ethyl adjacent to an activating group) is 1. The Bertz CT molecular complexity index is 497. The largest absolute Gasteiger partial charge is 0.491 e. The maximum Gasteiger partial charge on any atom is 0.163 e. The van der Waals surface area contributed by atoms with Crippen LogP contribution in [0.2, 0.25) is 0 Å². The van der Waals surface area contributed by atoms with E-state index in [9.17, 15) is 0 Å². The third-order valence-corrected chi connectivity index (χ3v) is 3.43. The van der Waals surface area contributed by atoms with Crippen molar-refractivity contribution in [3.8, 4) is 5.75 Å². The summed E-state index contributed by atoms with van der Waals surface area (Å²) in [6, 6.07) is 3.66.